The minimum Gasteiger partial charge on any atom is -0.481 e. The van der Waals surface area contributed by atoms with Crippen molar-refractivity contribution in [1.82, 2.24) is 4.98 Å². The Morgan fingerprint density at radius 3 is 1.83 bits per heavy atom. The van der Waals surface area contributed by atoms with Crippen LogP contribution in [0.4, 0.5) is 15.3 Å². The molecule has 8 heteroatoms. The summed E-state index contributed by atoms with van der Waals surface area (Å²) in [5.41, 5.74) is -1.45. The molecule has 24 heavy (non-hydrogen) atoms. The molecule has 1 heterocycles. The molecule has 0 fully saturated rings. The smallest absolute Gasteiger partial charge is 0.424 e. The molecule has 1 aromatic rings. The molecule has 0 saturated carbocycles. The van der Waals surface area contributed by atoms with Crippen LogP contribution in [0.1, 0.15) is 41.5 Å². The monoisotopic (exact) mass is 358 g/mol. The maximum Gasteiger partial charge on any atom is 0.424 e. The van der Waals surface area contributed by atoms with Crippen molar-refractivity contribution in [2.75, 3.05) is 12.0 Å². The number of anilines is 1. The first-order valence-corrected chi connectivity index (χ1v) is 7.68. The van der Waals surface area contributed by atoms with Gasteiger partial charge in [-0.3, -0.25) is 0 Å². The van der Waals surface area contributed by atoms with Gasteiger partial charge in [0.15, 0.2) is 0 Å². The Labute approximate surface area is 146 Å². The highest BCUT2D eigenvalue weighted by Crippen LogP contribution is 2.27. The number of amides is 2. The van der Waals surface area contributed by atoms with Crippen LogP contribution in [0.3, 0.4) is 0 Å². The van der Waals surface area contributed by atoms with Crippen LogP contribution in [0.5, 0.6) is 5.88 Å². The molecular formula is C16H23ClN2O5. The Hall–Kier alpha value is -2.02. The van der Waals surface area contributed by atoms with Gasteiger partial charge in [0.25, 0.3) is 0 Å². The summed E-state index contributed by atoms with van der Waals surface area (Å²) in [5, 5.41) is 0.0569. The lowest BCUT2D eigenvalue weighted by Gasteiger charge is -2.28. The second kappa shape index (κ2) is 7.25. The molecule has 7 nitrogen and oxygen atoms in total. The van der Waals surface area contributed by atoms with E-state index in [-0.39, 0.29) is 16.7 Å². The molecule has 1 aromatic heterocycles. The fourth-order valence-electron chi connectivity index (χ4n) is 1.59. The van der Waals surface area contributed by atoms with Crippen LogP contribution in [0.15, 0.2) is 12.1 Å². The molecule has 1 rings (SSSR count). The molecule has 0 radical (unpaired) electrons. The summed E-state index contributed by atoms with van der Waals surface area (Å²) in [6.07, 6.45) is -1.78. The topological polar surface area (TPSA) is 78.0 Å². The van der Waals surface area contributed by atoms with E-state index in [1.54, 1.807) is 41.5 Å². The highest BCUT2D eigenvalue weighted by Gasteiger charge is 2.33. The number of nitrogens with zero attached hydrogens (tertiary/aromatic N) is 2. The number of carbonyl (C=O) groups is 2. The Balaban J connectivity index is 3.30. The molecule has 0 bridgehead atoms. The zero-order chi connectivity index (χ0) is 18.7. The van der Waals surface area contributed by atoms with Gasteiger partial charge in [-0.2, -0.15) is 4.90 Å². The maximum atomic E-state index is 12.5. The van der Waals surface area contributed by atoms with E-state index in [0.29, 0.717) is 0 Å². The molecule has 134 valence electrons. The molecule has 0 atom stereocenters. The van der Waals surface area contributed by atoms with Crippen LogP contribution in [0, 0.1) is 0 Å². The van der Waals surface area contributed by atoms with Crippen LogP contribution >= 0.6 is 11.6 Å². The summed E-state index contributed by atoms with van der Waals surface area (Å²) in [4.78, 5) is 29.7. The summed E-state index contributed by atoms with van der Waals surface area (Å²) in [5.74, 6) is 0.148. The van der Waals surface area contributed by atoms with E-state index < -0.39 is 23.4 Å². The van der Waals surface area contributed by atoms with E-state index in [4.69, 9.17) is 25.8 Å². The lowest BCUT2D eigenvalue weighted by atomic mass is 10.2. The van der Waals surface area contributed by atoms with Crippen molar-refractivity contribution in [2.24, 2.45) is 0 Å². The number of ether oxygens (including phenoxy) is 3. The third kappa shape index (κ3) is 6.23. The van der Waals surface area contributed by atoms with Crippen molar-refractivity contribution in [1.29, 1.82) is 0 Å². The number of rotatable bonds is 2. The Kier molecular flexibility index (Phi) is 6.05. The Bertz CT molecular complexity index is 592. The zero-order valence-electron chi connectivity index (χ0n) is 15.0. The number of hydrogen-bond donors (Lipinski definition) is 0. The molecular weight excluding hydrogens is 336 g/mol. The van der Waals surface area contributed by atoms with Crippen molar-refractivity contribution >= 4 is 29.5 Å². The van der Waals surface area contributed by atoms with Crippen molar-refractivity contribution in [3.8, 4) is 5.88 Å². The minimum absolute atomic E-state index is 0.0569. The minimum atomic E-state index is -0.888. The maximum absolute atomic E-state index is 12.5. The van der Waals surface area contributed by atoms with Crippen LogP contribution in [-0.4, -0.2) is 35.5 Å². The summed E-state index contributed by atoms with van der Waals surface area (Å²) in [6, 6.07) is 2.73. The molecule has 0 aromatic carbocycles. The van der Waals surface area contributed by atoms with Crippen LogP contribution in [-0.2, 0) is 9.47 Å². The molecule has 0 aliphatic heterocycles. The van der Waals surface area contributed by atoms with E-state index in [2.05, 4.69) is 4.98 Å². The summed E-state index contributed by atoms with van der Waals surface area (Å²) < 4.78 is 15.6. The zero-order valence-corrected chi connectivity index (χ0v) is 15.7. The van der Waals surface area contributed by atoms with Gasteiger partial charge in [0.1, 0.15) is 16.4 Å². The van der Waals surface area contributed by atoms with Crippen molar-refractivity contribution < 1.29 is 23.8 Å². The van der Waals surface area contributed by atoms with Gasteiger partial charge >= 0.3 is 12.2 Å². The molecule has 0 aliphatic rings. The van der Waals surface area contributed by atoms with Crippen LogP contribution in [0.2, 0.25) is 5.15 Å². The predicted molar refractivity (Wildman–Crippen MR) is 90.7 cm³/mol. The molecule has 0 aliphatic carbocycles. The normalized spacial score (nSPS) is 11.7. The average molecular weight is 359 g/mol. The number of imide groups is 1. The third-order valence-corrected chi connectivity index (χ3v) is 2.57. The van der Waals surface area contributed by atoms with E-state index in [9.17, 15) is 9.59 Å². The summed E-state index contributed by atoms with van der Waals surface area (Å²) >= 11 is 5.93. The van der Waals surface area contributed by atoms with E-state index >= 15 is 0 Å². The van der Waals surface area contributed by atoms with Gasteiger partial charge in [-0.25, -0.2) is 14.6 Å². The second-order valence-corrected chi connectivity index (χ2v) is 7.37. The number of hydrogen-bond acceptors (Lipinski definition) is 6. The van der Waals surface area contributed by atoms with Gasteiger partial charge in [0.2, 0.25) is 5.88 Å². The first-order valence-electron chi connectivity index (χ1n) is 7.30. The van der Waals surface area contributed by atoms with Crippen molar-refractivity contribution in [3.05, 3.63) is 17.3 Å². The quantitative estimate of drug-likeness (QED) is 0.728. The Morgan fingerprint density at radius 2 is 1.46 bits per heavy atom. The first-order chi connectivity index (χ1) is 10.8. The van der Waals surface area contributed by atoms with Gasteiger partial charge in [-0.15, -0.1) is 0 Å². The van der Waals surface area contributed by atoms with E-state index in [1.165, 1.54) is 19.2 Å². The fourth-order valence-corrected chi connectivity index (χ4v) is 1.79. The molecule has 2 amide bonds. The van der Waals surface area contributed by atoms with Gasteiger partial charge in [0, 0.05) is 12.1 Å². The summed E-state index contributed by atoms with van der Waals surface area (Å²) in [6.45, 7) is 10.2. The second-order valence-electron chi connectivity index (χ2n) is 6.99. The largest absolute Gasteiger partial charge is 0.481 e. The Morgan fingerprint density at radius 1 is 1.00 bits per heavy atom. The first kappa shape index (κ1) is 20.0. The van der Waals surface area contributed by atoms with Gasteiger partial charge in [0.05, 0.1) is 12.8 Å². The van der Waals surface area contributed by atoms with E-state index in [1.807, 2.05) is 0 Å². The summed E-state index contributed by atoms with van der Waals surface area (Å²) in [7, 11) is 1.40. The molecule has 0 spiro atoms. The number of carbonyl (C=O) groups excluding carboxylic acids is 2. The number of halogens is 1. The highest BCUT2D eigenvalue weighted by atomic mass is 35.5. The number of aromatic nitrogens is 1. The van der Waals surface area contributed by atoms with Crippen molar-refractivity contribution in [3.63, 3.8) is 0 Å². The van der Waals surface area contributed by atoms with Crippen LogP contribution in [0.25, 0.3) is 0 Å². The highest BCUT2D eigenvalue weighted by molar-refractivity contribution is 6.30. The fraction of sp³-hybridized carbons (Fsp3) is 0.562. The van der Waals surface area contributed by atoms with Gasteiger partial charge < -0.3 is 14.2 Å². The lowest BCUT2D eigenvalue weighted by Crippen LogP contribution is -2.43. The van der Waals surface area contributed by atoms with Gasteiger partial charge in [-0.05, 0) is 41.5 Å². The van der Waals surface area contributed by atoms with E-state index in [0.717, 1.165) is 4.90 Å². The molecule has 0 unspecified atom stereocenters. The molecule has 0 saturated heterocycles. The average Bonchev–Trinajstić information content (AvgIpc) is 2.33. The molecule has 0 N–H and O–H groups in total. The lowest BCUT2D eigenvalue weighted by molar-refractivity contribution is 0.0431. The standard InChI is InChI=1S/C16H23ClN2O5/c1-15(2,3)23-13(20)19(14(21)24-16(4,5)6)10-8-11(17)18-12(9-10)22-7/h8-9H,1-7H3. The van der Waals surface area contributed by atoms with Gasteiger partial charge in [-0.1, -0.05) is 11.6 Å². The van der Waals surface area contributed by atoms with Crippen LogP contribution < -0.4 is 9.64 Å². The number of pyridine rings is 1. The predicted octanol–water partition coefficient (Wildman–Crippen LogP) is 4.42. The number of methoxy groups -OCH3 is 1. The van der Waals surface area contributed by atoms with Crippen molar-refractivity contribution in [2.45, 2.75) is 52.7 Å². The SMILES string of the molecule is COc1cc(N(C(=O)OC(C)(C)C)C(=O)OC(C)(C)C)cc(Cl)n1. The third-order valence-electron chi connectivity index (χ3n) is 2.37.